The number of carbonyl (C=O) groups is 4. The minimum Gasteiger partial charge on any atom is -0.497 e. The third-order valence-electron chi connectivity index (χ3n) is 4.96. The summed E-state index contributed by atoms with van der Waals surface area (Å²) in [7, 11) is 1.57. The Morgan fingerprint density at radius 3 is 2.44 bits per heavy atom. The molecule has 178 valence electrons. The van der Waals surface area contributed by atoms with Gasteiger partial charge in [0.2, 0.25) is 5.91 Å². The number of para-hydroxylation sites is 1. The first-order valence-corrected chi connectivity index (χ1v) is 10.8. The summed E-state index contributed by atoms with van der Waals surface area (Å²) in [6.45, 7) is 0.899. The summed E-state index contributed by atoms with van der Waals surface area (Å²) in [5, 5.41) is 7.93. The van der Waals surface area contributed by atoms with Crippen molar-refractivity contribution in [1.29, 1.82) is 0 Å². The third kappa shape index (κ3) is 7.47. The van der Waals surface area contributed by atoms with Gasteiger partial charge >= 0.3 is 5.97 Å². The summed E-state index contributed by atoms with van der Waals surface area (Å²) in [5.41, 5.74) is 1.44. The van der Waals surface area contributed by atoms with Gasteiger partial charge in [0.05, 0.1) is 18.4 Å². The summed E-state index contributed by atoms with van der Waals surface area (Å²) >= 11 is 0. The lowest BCUT2D eigenvalue weighted by atomic mass is 10.1. The van der Waals surface area contributed by atoms with E-state index >= 15 is 0 Å². The number of hydrogen-bond donors (Lipinski definition) is 3. The van der Waals surface area contributed by atoms with E-state index in [1.165, 1.54) is 13.0 Å². The summed E-state index contributed by atoms with van der Waals surface area (Å²) in [4.78, 5) is 48.8. The standard InChI is InChI=1S/C25H27N3O6/c1-16(26-22(29)14-9-17-7-12-19(33-2)13-8-17)25(32)34-15-23(30)28-21-6-4-3-5-20(21)24(31)27-18-10-11-18/h3-9,12-14,16,18H,10-11,15H2,1-2H3,(H,26,29)(H,27,31)(H,28,30)/b14-9+/t16-/m1/s1. The van der Waals surface area contributed by atoms with E-state index in [1.54, 1.807) is 61.7 Å². The fourth-order valence-electron chi connectivity index (χ4n) is 2.94. The normalized spacial score (nSPS) is 13.6. The Morgan fingerprint density at radius 1 is 1.06 bits per heavy atom. The van der Waals surface area contributed by atoms with E-state index in [1.807, 2.05) is 0 Å². The van der Waals surface area contributed by atoms with Gasteiger partial charge in [-0.05, 0) is 55.7 Å². The van der Waals surface area contributed by atoms with Crippen LogP contribution >= 0.6 is 0 Å². The second kappa shape index (κ2) is 11.6. The Morgan fingerprint density at radius 2 is 1.76 bits per heavy atom. The molecule has 3 amide bonds. The number of benzene rings is 2. The monoisotopic (exact) mass is 465 g/mol. The lowest BCUT2D eigenvalue weighted by Gasteiger charge is -2.13. The molecule has 0 aliphatic heterocycles. The van der Waals surface area contributed by atoms with Crippen molar-refractivity contribution >= 4 is 35.5 Å². The zero-order chi connectivity index (χ0) is 24.5. The molecule has 0 saturated heterocycles. The maximum atomic E-state index is 12.3. The molecule has 3 rings (SSSR count). The SMILES string of the molecule is COc1ccc(/C=C/C(=O)N[C@H](C)C(=O)OCC(=O)Nc2ccccc2C(=O)NC2CC2)cc1. The van der Waals surface area contributed by atoms with Gasteiger partial charge in [-0.2, -0.15) is 0 Å². The maximum Gasteiger partial charge on any atom is 0.328 e. The topological polar surface area (TPSA) is 123 Å². The minimum atomic E-state index is -0.961. The highest BCUT2D eigenvalue weighted by Gasteiger charge is 2.25. The molecular formula is C25H27N3O6. The first-order valence-electron chi connectivity index (χ1n) is 10.8. The average molecular weight is 466 g/mol. The van der Waals surface area contributed by atoms with Crippen LogP contribution in [0.4, 0.5) is 5.69 Å². The molecule has 1 atom stereocenters. The fraction of sp³-hybridized carbons (Fsp3) is 0.280. The number of nitrogens with one attached hydrogen (secondary N) is 3. The molecule has 34 heavy (non-hydrogen) atoms. The number of methoxy groups -OCH3 is 1. The average Bonchev–Trinajstić information content (AvgIpc) is 3.65. The van der Waals surface area contributed by atoms with Crippen molar-refractivity contribution in [2.45, 2.75) is 31.8 Å². The highest BCUT2D eigenvalue weighted by Crippen LogP contribution is 2.21. The summed E-state index contributed by atoms with van der Waals surface area (Å²) in [6.07, 6.45) is 4.78. The molecule has 0 radical (unpaired) electrons. The van der Waals surface area contributed by atoms with Crippen LogP contribution in [-0.2, 0) is 19.1 Å². The molecule has 2 aromatic rings. The number of esters is 1. The Bertz CT molecular complexity index is 1080. The summed E-state index contributed by atoms with van der Waals surface area (Å²) < 4.78 is 10.1. The summed E-state index contributed by atoms with van der Waals surface area (Å²) in [6, 6.07) is 12.9. The smallest absolute Gasteiger partial charge is 0.328 e. The van der Waals surface area contributed by atoms with Gasteiger partial charge in [0, 0.05) is 12.1 Å². The quantitative estimate of drug-likeness (QED) is 0.366. The number of hydrogen-bond acceptors (Lipinski definition) is 6. The Kier molecular flexibility index (Phi) is 8.39. The van der Waals surface area contributed by atoms with Gasteiger partial charge in [0.1, 0.15) is 11.8 Å². The molecular weight excluding hydrogens is 438 g/mol. The van der Waals surface area contributed by atoms with Crippen LogP contribution in [0.25, 0.3) is 6.08 Å². The number of ether oxygens (including phenoxy) is 2. The second-order valence-electron chi connectivity index (χ2n) is 7.79. The fourth-order valence-corrected chi connectivity index (χ4v) is 2.94. The van der Waals surface area contributed by atoms with Crippen molar-refractivity contribution in [3.8, 4) is 5.75 Å². The number of amides is 3. The van der Waals surface area contributed by atoms with Crippen LogP contribution in [0.15, 0.2) is 54.6 Å². The predicted octanol–water partition coefficient (Wildman–Crippen LogP) is 2.29. The number of anilines is 1. The zero-order valence-corrected chi connectivity index (χ0v) is 19.0. The maximum absolute atomic E-state index is 12.3. The molecule has 0 spiro atoms. The van der Waals surface area contributed by atoms with Gasteiger partial charge < -0.3 is 25.4 Å². The van der Waals surface area contributed by atoms with Crippen molar-refractivity contribution in [2.24, 2.45) is 0 Å². The third-order valence-corrected chi connectivity index (χ3v) is 4.96. The molecule has 0 aromatic heterocycles. The number of rotatable bonds is 10. The minimum absolute atomic E-state index is 0.181. The molecule has 1 aliphatic rings. The van der Waals surface area contributed by atoms with Crippen molar-refractivity contribution in [3.05, 3.63) is 65.7 Å². The molecule has 2 aromatic carbocycles. The van der Waals surface area contributed by atoms with Gasteiger partial charge in [0.15, 0.2) is 6.61 Å². The van der Waals surface area contributed by atoms with Crippen LogP contribution in [0.1, 0.15) is 35.7 Å². The molecule has 0 bridgehead atoms. The van der Waals surface area contributed by atoms with E-state index < -0.39 is 30.4 Å². The lowest BCUT2D eigenvalue weighted by molar-refractivity contribution is -0.149. The Balaban J connectivity index is 1.44. The lowest BCUT2D eigenvalue weighted by Crippen LogP contribution is -2.39. The van der Waals surface area contributed by atoms with Crippen LogP contribution in [0.3, 0.4) is 0 Å². The highest BCUT2D eigenvalue weighted by molar-refractivity contribution is 6.04. The van der Waals surface area contributed by atoms with E-state index in [0.717, 1.165) is 18.4 Å². The van der Waals surface area contributed by atoms with Crippen molar-refractivity contribution in [3.63, 3.8) is 0 Å². The molecule has 3 N–H and O–H groups in total. The largest absolute Gasteiger partial charge is 0.497 e. The first kappa shape index (κ1) is 24.5. The van der Waals surface area contributed by atoms with Crippen LogP contribution in [0.2, 0.25) is 0 Å². The molecule has 1 fully saturated rings. The molecule has 1 saturated carbocycles. The molecule has 1 aliphatic carbocycles. The number of carbonyl (C=O) groups excluding carboxylic acids is 4. The van der Waals surface area contributed by atoms with E-state index in [2.05, 4.69) is 16.0 Å². The first-order chi connectivity index (χ1) is 16.4. The molecule has 9 nitrogen and oxygen atoms in total. The van der Waals surface area contributed by atoms with E-state index in [4.69, 9.17) is 9.47 Å². The van der Waals surface area contributed by atoms with Gasteiger partial charge in [-0.25, -0.2) is 4.79 Å². The van der Waals surface area contributed by atoms with Crippen LogP contribution in [-0.4, -0.2) is 49.5 Å². The predicted molar refractivity (Wildman–Crippen MR) is 126 cm³/mol. The van der Waals surface area contributed by atoms with E-state index in [9.17, 15) is 19.2 Å². The van der Waals surface area contributed by atoms with Crippen LogP contribution in [0, 0.1) is 0 Å². The Labute approximate surface area is 197 Å². The van der Waals surface area contributed by atoms with Crippen molar-refractivity contribution in [1.82, 2.24) is 10.6 Å². The van der Waals surface area contributed by atoms with Crippen LogP contribution < -0.4 is 20.7 Å². The molecule has 0 unspecified atom stereocenters. The van der Waals surface area contributed by atoms with Gasteiger partial charge in [-0.15, -0.1) is 0 Å². The van der Waals surface area contributed by atoms with Gasteiger partial charge in [-0.1, -0.05) is 24.3 Å². The molecule has 9 heteroatoms. The summed E-state index contributed by atoms with van der Waals surface area (Å²) in [5.74, 6) is -1.42. The molecule has 0 heterocycles. The van der Waals surface area contributed by atoms with Crippen molar-refractivity contribution < 1.29 is 28.7 Å². The van der Waals surface area contributed by atoms with Gasteiger partial charge in [0.25, 0.3) is 11.8 Å². The van der Waals surface area contributed by atoms with Crippen LogP contribution in [0.5, 0.6) is 5.75 Å². The van der Waals surface area contributed by atoms with Crippen molar-refractivity contribution in [2.75, 3.05) is 19.0 Å². The Hall–Kier alpha value is -4.14. The van der Waals surface area contributed by atoms with Gasteiger partial charge in [-0.3, -0.25) is 14.4 Å². The zero-order valence-electron chi connectivity index (χ0n) is 19.0. The van der Waals surface area contributed by atoms with E-state index in [-0.39, 0.29) is 11.9 Å². The van der Waals surface area contributed by atoms with E-state index in [0.29, 0.717) is 17.0 Å². The second-order valence-corrected chi connectivity index (χ2v) is 7.79. The highest BCUT2D eigenvalue weighted by atomic mass is 16.5.